The number of benzene rings is 1. The number of rotatable bonds is 2. The van der Waals surface area contributed by atoms with E-state index in [1.807, 2.05) is 0 Å². The summed E-state index contributed by atoms with van der Waals surface area (Å²) < 4.78 is 12.7. The van der Waals surface area contributed by atoms with E-state index >= 15 is 0 Å². The van der Waals surface area contributed by atoms with Crippen LogP contribution in [-0.2, 0) is 6.61 Å². The quantitative estimate of drug-likeness (QED) is 0.700. The Kier molecular flexibility index (Phi) is 3.18. The van der Waals surface area contributed by atoms with Gasteiger partial charge in [0.2, 0.25) is 0 Å². The Morgan fingerprint density at radius 1 is 1.54 bits per heavy atom. The second-order valence-corrected chi connectivity index (χ2v) is 2.46. The third kappa shape index (κ3) is 2.39. The third-order valence-electron chi connectivity index (χ3n) is 1.62. The molecule has 13 heavy (non-hydrogen) atoms. The van der Waals surface area contributed by atoms with E-state index in [9.17, 15) is 4.39 Å². The fourth-order valence-corrected chi connectivity index (χ4v) is 0.992. The van der Waals surface area contributed by atoms with Crippen molar-refractivity contribution < 1.29 is 9.50 Å². The van der Waals surface area contributed by atoms with E-state index in [2.05, 4.69) is 0 Å². The van der Waals surface area contributed by atoms with Crippen LogP contribution in [0.2, 0.25) is 0 Å². The molecule has 0 bridgehead atoms. The van der Waals surface area contributed by atoms with Crippen LogP contribution in [-0.4, -0.2) is 5.11 Å². The molecule has 66 valence electrons. The normalized spacial score (nSPS) is 10.2. The van der Waals surface area contributed by atoms with Crippen molar-refractivity contribution in [2.75, 3.05) is 0 Å². The molecular formula is C10H8FNO. The number of halogens is 1. The predicted octanol–water partition coefficient (Wildman–Crippen LogP) is 1.85. The van der Waals surface area contributed by atoms with Crippen molar-refractivity contribution in [3.8, 4) is 6.07 Å². The highest BCUT2D eigenvalue weighted by Gasteiger charge is 1.99. The van der Waals surface area contributed by atoms with E-state index in [1.54, 1.807) is 6.07 Å². The third-order valence-corrected chi connectivity index (χ3v) is 1.62. The predicted molar refractivity (Wildman–Crippen MR) is 47.0 cm³/mol. The number of hydrogen-bond acceptors (Lipinski definition) is 2. The van der Waals surface area contributed by atoms with Gasteiger partial charge in [-0.25, -0.2) is 4.39 Å². The molecule has 0 unspecified atom stereocenters. The van der Waals surface area contributed by atoms with Crippen LogP contribution in [0.25, 0.3) is 6.08 Å². The van der Waals surface area contributed by atoms with Crippen molar-refractivity contribution in [1.82, 2.24) is 0 Å². The van der Waals surface area contributed by atoms with E-state index < -0.39 is 0 Å². The maximum atomic E-state index is 12.7. The van der Waals surface area contributed by atoms with Crippen LogP contribution < -0.4 is 0 Å². The van der Waals surface area contributed by atoms with Gasteiger partial charge in [-0.15, -0.1) is 0 Å². The van der Waals surface area contributed by atoms with Gasteiger partial charge in [-0.2, -0.15) is 5.26 Å². The zero-order chi connectivity index (χ0) is 9.68. The van der Waals surface area contributed by atoms with Crippen LogP contribution in [0.4, 0.5) is 4.39 Å². The molecule has 0 saturated heterocycles. The standard InChI is InChI=1S/C10H8FNO/c11-10-4-3-9(7-13)8(6-10)2-1-5-12/h1-4,6,13H,7H2. The van der Waals surface area contributed by atoms with E-state index in [1.165, 1.54) is 30.4 Å². The molecule has 0 aliphatic rings. The zero-order valence-electron chi connectivity index (χ0n) is 6.87. The smallest absolute Gasteiger partial charge is 0.123 e. The number of aliphatic hydroxyl groups is 1. The van der Waals surface area contributed by atoms with Gasteiger partial charge in [0.15, 0.2) is 0 Å². The Bertz CT molecular complexity index is 366. The molecule has 2 nitrogen and oxygen atoms in total. The highest BCUT2D eigenvalue weighted by atomic mass is 19.1. The van der Waals surface area contributed by atoms with Crippen LogP contribution in [0.1, 0.15) is 11.1 Å². The summed E-state index contributed by atoms with van der Waals surface area (Å²) in [5, 5.41) is 17.1. The number of nitrogens with zero attached hydrogens (tertiary/aromatic N) is 1. The average molecular weight is 177 g/mol. The van der Waals surface area contributed by atoms with Gasteiger partial charge in [-0.3, -0.25) is 0 Å². The summed E-state index contributed by atoms with van der Waals surface area (Å²) in [6, 6.07) is 5.85. The lowest BCUT2D eigenvalue weighted by atomic mass is 10.1. The fraction of sp³-hybridized carbons (Fsp3) is 0.100. The molecule has 0 heterocycles. The highest BCUT2D eigenvalue weighted by Crippen LogP contribution is 2.12. The average Bonchev–Trinajstić information content (AvgIpc) is 2.15. The van der Waals surface area contributed by atoms with E-state index in [0.29, 0.717) is 11.1 Å². The van der Waals surface area contributed by atoms with Gasteiger partial charge in [0, 0.05) is 6.08 Å². The molecule has 0 spiro atoms. The molecule has 1 rings (SSSR count). The SMILES string of the molecule is N#CC=Cc1cc(F)ccc1CO. The fourth-order valence-electron chi connectivity index (χ4n) is 0.992. The van der Waals surface area contributed by atoms with Crippen LogP contribution in [0.15, 0.2) is 24.3 Å². The van der Waals surface area contributed by atoms with Crippen molar-refractivity contribution in [3.05, 3.63) is 41.2 Å². The molecule has 0 aromatic heterocycles. The van der Waals surface area contributed by atoms with Gasteiger partial charge < -0.3 is 5.11 Å². The topological polar surface area (TPSA) is 44.0 Å². The summed E-state index contributed by atoms with van der Waals surface area (Å²) in [5.41, 5.74) is 1.14. The molecule has 0 atom stereocenters. The number of hydrogen-bond donors (Lipinski definition) is 1. The zero-order valence-corrected chi connectivity index (χ0v) is 6.87. The molecule has 0 aliphatic heterocycles. The van der Waals surface area contributed by atoms with Crippen molar-refractivity contribution in [1.29, 1.82) is 5.26 Å². The van der Waals surface area contributed by atoms with Crippen molar-refractivity contribution >= 4 is 6.08 Å². The lowest BCUT2D eigenvalue weighted by Crippen LogP contribution is -1.89. The van der Waals surface area contributed by atoms with E-state index in [-0.39, 0.29) is 12.4 Å². The van der Waals surface area contributed by atoms with E-state index in [4.69, 9.17) is 10.4 Å². The first-order valence-corrected chi connectivity index (χ1v) is 3.73. The Hall–Kier alpha value is -1.66. The first-order chi connectivity index (χ1) is 6.27. The second-order valence-electron chi connectivity index (χ2n) is 2.46. The lowest BCUT2D eigenvalue weighted by Gasteiger charge is -2.01. The first-order valence-electron chi connectivity index (χ1n) is 3.73. The number of aliphatic hydroxyl groups excluding tert-OH is 1. The lowest BCUT2D eigenvalue weighted by molar-refractivity contribution is 0.281. The van der Waals surface area contributed by atoms with Crippen molar-refractivity contribution in [3.63, 3.8) is 0 Å². The van der Waals surface area contributed by atoms with Crippen molar-refractivity contribution in [2.45, 2.75) is 6.61 Å². The Morgan fingerprint density at radius 3 is 2.92 bits per heavy atom. The molecule has 3 heteroatoms. The van der Waals surface area contributed by atoms with Gasteiger partial charge in [0.25, 0.3) is 0 Å². The van der Waals surface area contributed by atoms with Crippen LogP contribution >= 0.6 is 0 Å². The molecular weight excluding hydrogens is 169 g/mol. The molecule has 1 N–H and O–H groups in total. The molecule has 0 fully saturated rings. The van der Waals surface area contributed by atoms with Gasteiger partial charge >= 0.3 is 0 Å². The summed E-state index contributed by atoms with van der Waals surface area (Å²) >= 11 is 0. The Labute approximate surface area is 75.6 Å². The minimum Gasteiger partial charge on any atom is -0.392 e. The van der Waals surface area contributed by atoms with Crippen LogP contribution in [0.3, 0.4) is 0 Å². The molecule has 0 amide bonds. The van der Waals surface area contributed by atoms with E-state index in [0.717, 1.165) is 0 Å². The summed E-state index contributed by atoms with van der Waals surface area (Å²) in [6.07, 6.45) is 2.71. The summed E-state index contributed by atoms with van der Waals surface area (Å²) in [5.74, 6) is -0.380. The Morgan fingerprint density at radius 2 is 2.31 bits per heavy atom. The summed E-state index contributed by atoms with van der Waals surface area (Å²) in [4.78, 5) is 0. The van der Waals surface area contributed by atoms with Gasteiger partial charge in [-0.05, 0) is 29.3 Å². The number of allylic oxidation sites excluding steroid dienone is 1. The summed E-state index contributed by atoms with van der Waals surface area (Å²) in [6.45, 7) is -0.161. The van der Waals surface area contributed by atoms with Gasteiger partial charge in [0.1, 0.15) is 5.82 Å². The first kappa shape index (κ1) is 9.43. The molecule has 1 aromatic carbocycles. The van der Waals surface area contributed by atoms with Crippen molar-refractivity contribution in [2.24, 2.45) is 0 Å². The maximum Gasteiger partial charge on any atom is 0.123 e. The second kappa shape index (κ2) is 4.39. The summed E-state index contributed by atoms with van der Waals surface area (Å²) in [7, 11) is 0. The number of nitriles is 1. The maximum absolute atomic E-state index is 12.7. The van der Waals surface area contributed by atoms with Crippen LogP contribution in [0, 0.1) is 17.1 Å². The van der Waals surface area contributed by atoms with Gasteiger partial charge in [-0.1, -0.05) is 6.07 Å². The Balaban J connectivity index is 3.10. The monoisotopic (exact) mass is 177 g/mol. The van der Waals surface area contributed by atoms with Gasteiger partial charge in [0.05, 0.1) is 12.7 Å². The van der Waals surface area contributed by atoms with Crippen LogP contribution in [0.5, 0.6) is 0 Å². The molecule has 0 radical (unpaired) electrons. The minimum absolute atomic E-state index is 0.161. The minimum atomic E-state index is -0.380. The highest BCUT2D eigenvalue weighted by molar-refractivity contribution is 5.55. The molecule has 0 aliphatic carbocycles. The molecule has 0 saturated carbocycles. The molecule has 1 aromatic rings. The largest absolute Gasteiger partial charge is 0.392 e.